The number of amides is 2. The summed E-state index contributed by atoms with van der Waals surface area (Å²) in [5, 5.41) is 8.42. The van der Waals surface area contributed by atoms with Crippen LogP contribution in [0.4, 0.5) is 0 Å². The molecule has 0 bridgehead atoms. The van der Waals surface area contributed by atoms with Gasteiger partial charge in [-0.15, -0.1) is 0 Å². The lowest BCUT2D eigenvalue weighted by atomic mass is 10.0. The van der Waals surface area contributed by atoms with Gasteiger partial charge >= 0.3 is 0 Å². The Labute approximate surface area is 185 Å². The third-order valence-corrected chi connectivity index (χ3v) is 4.94. The van der Waals surface area contributed by atoms with Crippen molar-refractivity contribution >= 4 is 17.6 Å². The molecule has 0 aliphatic carbocycles. The summed E-state index contributed by atoms with van der Waals surface area (Å²) in [6.45, 7) is 3.83. The van der Waals surface area contributed by atoms with Crippen molar-refractivity contribution in [2.24, 2.45) is 5.10 Å². The summed E-state index contributed by atoms with van der Waals surface area (Å²) in [7, 11) is 0. The monoisotopic (exact) mass is 439 g/mol. The summed E-state index contributed by atoms with van der Waals surface area (Å²) in [6.07, 6.45) is 0. The third-order valence-electron chi connectivity index (χ3n) is 4.94. The Kier molecular flexibility index (Phi) is 6.98. The molecule has 0 aromatic heterocycles. The number of nitrogens with one attached hydrogen (secondary N) is 1. The fourth-order valence-electron chi connectivity index (χ4n) is 3.43. The quantitative estimate of drug-likeness (QED) is 0.767. The van der Waals surface area contributed by atoms with E-state index >= 15 is 0 Å². The first kappa shape index (κ1) is 21.8. The molecule has 0 saturated heterocycles. The zero-order chi connectivity index (χ0) is 22.3. The number of nitrogens with zero attached hydrogens (tertiary/aromatic N) is 2. The largest absolute Gasteiger partial charge is 0.487 e. The molecule has 2 aromatic carbocycles. The van der Waals surface area contributed by atoms with E-state index in [4.69, 9.17) is 18.9 Å². The summed E-state index contributed by atoms with van der Waals surface area (Å²) >= 11 is 0. The van der Waals surface area contributed by atoms with Crippen LogP contribution in [0.25, 0.3) is 0 Å². The third kappa shape index (κ3) is 5.06. The van der Waals surface area contributed by atoms with Crippen LogP contribution in [-0.4, -0.2) is 62.3 Å². The van der Waals surface area contributed by atoms with Crippen LogP contribution >= 0.6 is 0 Å². The number of hydrogen-bond donors (Lipinski definition) is 1. The molecule has 1 N–H and O–H groups in total. The van der Waals surface area contributed by atoms with Gasteiger partial charge in [0.2, 0.25) is 5.91 Å². The van der Waals surface area contributed by atoms with E-state index in [2.05, 4.69) is 10.4 Å². The molecule has 0 fully saturated rings. The topological polar surface area (TPSA) is 98.7 Å². The van der Waals surface area contributed by atoms with E-state index in [1.54, 1.807) is 18.2 Å². The second-order valence-electron chi connectivity index (χ2n) is 7.20. The zero-order valence-electron chi connectivity index (χ0n) is 17.8. The first-order chi connectivity index (χ1) is 15.6. The van der Waals surface area contributed by atoms with Crippen molar-refractivity contribution in [1.82, 2.24) is 10.3 Å². The number of rotatable bonds is 2. The number of hydrogen-bond acceptors (Lipinski definition) is 7. The summed E-state index contributed by atoms with van der Waals surface area (Å²) in [6, 6.07) is 13.4. The normalized spacial score (nSPS) is 19.8. The lowest BCUT2D eigenvalue weighted by Crippen LogP contribution is -2.48. The van der Waals surface area contributed by atoms with Gasteiger partial charge in [0.25, 0.3) is 5.91 Å². The highest BCUT2D eigenvalue weighted by molar-refractivity contribution is 6.11. The van der Waals surface area contributed by atoms with Crippen LogP contribution in [-0.2, 0) is 19.1 Å². The molecule has 4 rings (SSSR count). The average molecular weight is 439 g/mol. The van der Waals surface area contributed by atoms with Crippen molar-refractivity contribution in [3.05, 3.63) is 59.7 Å². The van der Waals surface area contributed by atoms with Gasteiger partial charge in [0.05, 0.1) is 26.4 Å². The predicted octanol–water partition coefficient (Wildman–Crippen LogP) is 1.87. The molecule has 9 heteroatoms. The molecule has 2 heterocycles. The van der Waals surface area contributed by atoms with Gasteiger partial charge in [-0.3, -0.25) is 9.59 Å². The smallest absolute Gasteiger partial charge is 0.255 e. The summed E-state index contributed by atoms with van der Waals surface area (Å²) in [5.41, 5.74) is 1.27. The SMILES string of the molecule is CC(=O)N1N=C(c2ccccc2)NC(=O)C1c1ccc2c(c1)OCCOCCOCCO2. The maximum absolute atomic E-state index is 13.1. The average Bonchev–Trinajstić information content (AvgIpc) is 2.79. The Morgan fingerprint density at radius 3 is 2.28 bits per heavy atom. The number of benzene rings is 2. The van der Waals surface area contributed by atoms with Crippen LogP contribution < -0.4 is 14.8 Å². The maximum atomic E-state index is 13.1. The molecule has 168 valence electrons. The minimum Gasteiger partial charge on any atom is -0.487 e. The molecule has 32 heavy (non-hydrogen) atoms. The standard InChI is InChI=1S/C23H25N3O6/c1-16(27)26-21(23(28)24-22(25-26)17-5-3-2-4-6-17)18-7-8-19-20(15-18)32-14-12-30-10-9-29-11-13-31-19/h2-8,15,21H,9-14H2,1H3,(H,24,25,28). The van der Waals surface area contributed by atoms with Crippen LogP contribution in [0.15, 0.2) is 53.6 Å². The number of carbonyl (C=O) groups excluding carboxylic acids is 2. The molecule has 2 aromatic rings. The first-order valence-electron chi connectivity index (χ1n) is 10.4. The predicted molar refractivity (Wildman–Crippen MR) is 115 cm³/mol. The van der Waals surface area contributed by atoms with Crippen LogP contribution in [0.2, 0.25) is 0 Å². The van der Waals surface area contributed by atoms with Crippen molar-refractivity contribution in [2.75, 3.05) is 39.6 Å². The van der Waals surface area contributed by atoms with Gasteiger partial charge in [0, 0.05) is 12.5 Å². The molecule has 0 spiro atoms. The molecular weight excluding hydrogens is 414 g/mol. The number of hydrazone groups is 1. The van der Waals surface area contributed by atoms with Gasteiger partial charge in [0.15, 0.2) is 23.4 Å². The van der Waals surface area contributed by atoms with Crippen LogP contribution in [0.3, 0.4) is 0 Å². The lowest BCUT2D eigenvalue weighted by molar-refractivity contribution is -0.139. The molecule has 1 unspecified atom stereocenters. The Bertz CT molecular complexity index is 994. The van der Waals surface area contributed by atoms with E-state index in [9.17, 15) is 9.59 Å². The zero-order valence-corrected chi connectivity index (χ0v) is 17.8. The Hall–Kier alpha value is -3.43. The summed E-state index contributed by atoms with van der Waals surface area (Å²) < 4.78 is 22.5. The molecular formula is C23H25N3O6. The Balaban J connectivity index is 1.64. The number of ether oxygens (including phenoxy) is 4. The molecule has 0 radical (unpaired) electrons. The van der Waals surface area contributed by atoms with Crippen LogP contribution in [0, 0.1) is 0 Å². The minimum absolute atomic E-state index is 0.309. The number of amidine groups is 1. The van der Waals surface area contributed by atoms with Crippen molar-refractivity contribution in [3.8, 4) is 11.5 Å². The Morgan fingerprint density at radius 2 is 1.59 bits per heavy atom. The van der Waals surface area contributed by atoms with E-state index in [-0.39, 0.29) is 11.8 Å². The van der Waals surface area contributed by atoms with Crippen molar-refractivity contribution in [2.45, 2.75) is 13.0 Å². The van der Waals surface area contributed by atoms with Crippen LogP contribution in [0.1, 0.15) is 24.1 Å². The first-order valence-corrected chi connectivity index (χ1v) is 10.4. The Morgan fingerprint density at radius 1 is 0.938 bits per heavy atom. The molecule has 2 aliphatic heterocycles. The van der Waals surface area contributed by atoms with E-state index in [1.165, 1.54) is 11.9 Å². The van der Waals surface area contributed by atoms with Gasteiger partial charge in [0.1, 0.15) is 13.2 Å². The molecule has 2 amide bonds. The van der Waals surface area contributed by atoms with E-state index in [0.29, 0.717) is 68.1 Å². The van der Waals surface area contributed by atoms with Crippen molar-refractivity contribution in [3.63, 3.8) is 0 Å². The second-order valence-corrected chi connectivity index (χ2v) is 7.20. The van der Waals surface area contributed by atoms with Crippen molar-refractivity contribution in [1.29, 1.82) is 0 Å². The molecule has 2 aliphatic rings. The van der Waals surface area contributed by atoms with Gasteiger partial charge in [-0.1, -0.05) is 36.4 Å². The van der Waals surface area contributed by atoms with Crippen LogP contribution in [0.5, 0.6) is 11.5 Å². The highest BCUT2D eigenvalue weighted by Gasteiger charge is 2.35. The van der Waals surface area contributed by atoms with Gasteiger partial charge in [-0.05, 0) is 17.7 Å². The highest BCUT2D eigenvalue weighted by atomic mass is 16.6. The van der Waals surface area contributed by atoms with Crippen molar-refractivity contribution < 1.29 is 28.5 Å². The second kappa shape index (κ2) is 10.3. The van der Waals surface area contributed by atoms with E-state index in [0.717, 1.165) is 0 Å². The minimum atomic E-state index is -0.935. The molecule has 1 atom stereocenters. The summed E-state index contributed by atoms with van der Waals surface area (Å²) in [5.74, 6) is 0.594. The van der Waals surface area contributed by atoms with Gasteiger partial charge in [-0.2, -0.15) is 5.10 Å². The highest BCUT2D eigenvalue weighted by Crippen LogP contribution is 2.34. The van der Waals surface area contributed by atoms with E-state index < -0.39 is 6.04 Å². The molecule has 0 saturated carbocycles. The van der Waals surface area contributed by atoms with E-state index in [1.807, 2.05) is 30.3 Å². The molecule has 9 nitrogen and oxygen atoms in total. The fourth-order valence-corrected chi connectivity index (χ4v) is 3.43. The number of fused-ring (bicyclic) bond motifs is 1. The van der Waals surface area contributed by atoms with Gasteiger partial charge < -0.3 is 24.3 Å². The lowest BCUT2D eigenvalue weighted by Gasteiger charge is -2.31. The maximum Gasteiger partial charge on any atom is 0.255 e. The fraction of sp³-hybridized carbons (Fsp3) is 0.348. The summed E-state index contributed by atoms with van der Waals surface area (Å²) in [4.78, 5) is 25.5. The number of carbonyl (C=O) groups is 2. The van der Waals surface area contributed by atoms with Gasteiger partial charge in [-0.25, -0.2) is 5.01 Å².